The van der Waals surface area contributed by atoms with Crippen LogP contribution in [0.15, 0.2) is 134 Å². The first kappa shape index (κ1) is 29.5. The Bertz CT molecular complexity index is 1830. The summed E-state index contributed by atoms with van der Waals surface area (Å²) in [5, 5.41) is 25.2. The molecular weight excluding hydrogens is 582 g/mol. The van der Waals surface area contributed by atoms with E-state index in [2.05, 4.69) is 20.3 Å². The molecule has 0 bridgehead atoms. The number of rotatable bonds is 9. The van der Waals surface area contributed by atoms with Crippen molar-refractivity contribution < 1.29 is 24.5 Å². The van der Waals surface area contributed by atoms with Crippen molar-refractivity contribution >= 4 is 22.9 Å². The number of nitrogens with zero attached hydrogens (tertiary/aromatic N) is 4. The first-order valence-corrected chi connectivity index (χ1v) is 14.9. The van der Waals surface area contributed by atoms with Crippen molar-refractivity contribution in [3.63, 3.8) is 0 Å². The van der Waals surface area contributed by atoms with E-state index >= 15 is 0 Å². The molecule has 0 radical (unpaired) electrons. The number of carbonyl (C=O) groups is 1. The predicted octanol–water partition coefficient (Wildman–Crippen LogP) is 4.71. The van der Waals surface area contributed by atoms with Crippen molar-refractivity contribution in [2.45, 2.75) is 30.1 Å². The van der Waals surface area contributed by atoms with Gasteiger partial charge in [0.05, 0.1) is 12.9 Å². The topological polar surface area (TPSA) is 132 Å². The summed E-state index contributed by atoms with van der Waals surface area (Å²) in [4.78, 5) is 25.8. The maximum atomic E-state index is 12.8. The Hall–Kier alpha value is -5.26. The first-order chi connectivity index (χ1) is 22.6. The van der Waals surface area contributed by atoms with Crippen LogP contribution in [0.3, 0.4) is 0 Å². The van der Waals surface area contributed by atoms with Gasteiger partial charge < -0.3 is 25.0 Å². The Morgan fingerprint density at radius 2 is 1.30 bits per heavy atom. The lowest BCUT2D eigenvalue weighted by molar-refractivity contribution is -0.0942. The largest absolute Gasteiger partial charge is 0.387 e. The number of ether oxygens (including phenoxy) is 2. The van der Waals surface area contributed by atoms with Gasteiger partial charge in [-0.2, -0.15) is 0 Å². The average Bonchev–Trinajstić information content (AvgIpc) is 3.67. The molecule has 3 heterocycles. The van der Waals surface area contributed by atoms with Gasteiger partial charge in [0.2, 0.25) is 0 Å². The van der Waals surface area contributed by atoms with E-state index in [1.807, 2.05) is 97.1 Å². The van der Waals surface area contributed by atoms with Crippen LogP contribution in [0, 0.1) is 0 Å². The van der Waals surface area contributed by atoms with Crippen LogP contribution in [0.25, 0.3) is 11.2 Å². The number of anilines is 1. The van der Waals surface area contributed by atoms with E-state index in [-0.39, 0.29) is 18.3 Å². The minimum absolute atomic E-state index is 0.0482. The highest BCUT2D eigenvalue weighted by Crippen LogP contribution is 2.42. The van der Waals surface area contributed by atoms with Gasteiger partial charge in [0.15, 0.2) is 23.2 Å². The smallest absolute Gasteiger partial charge is 0.256 e. The van der Waals surface area contributed by atoms with Crippen molar-refractivity contribution in [3.8, 4) is 0 Å². The van der Waals surface area contributed by atoms with Gasteiger partial charge in [-0.15, -0.1) is 0 Å². The van der Waals surface area contributed by atoms with E-state index < -0.39 is 30.1 Å². The Morgan fingerprint density at radius 1 is 0.761 bits per heavy atom. The number of nitrogens with one attached hydrogen (secondary N) is 1. The minimum Gasteiger partial charge on any atom is -0.387 e. The molecular formula is C36H31N5O5. The molecule has 1 amide bonds. The van der Waals surface area contributed by atoms with E-state index in [4.69, 9.17) is 9.47 Å². The van der Waals surface area contributed by atoms with Crippen LogP contribution in [0.4, 0.5) is 5.82 Å². The second-order valence-electron chi connectivity index (χ2n) is 11.0. The molecule has 2 aromatic heterocycles. The molecule has 4 aromatic carbocycles. The van der Waals surface area contributed by atoms with Gasteiger partial charge in [-0.05, 0) is 28.8 Å². The van der Waals surface area contributed by atoms with Crippen molar-refractivity contribution in [1.29, 1.82) is 0 Å². The molecule has 3 N–H and O–H groups in total. The lowest BCUT2D eigenvalue weighted by atomic mass is 9.80. The van der Waals surface area contributed by atoms with Gasteiger partial charge in [0, 0.05) is 5.56 Å². The third kappa shape index (κ3) is 5.33. The van der Waals surface area contributed by atoms with Gasteiger partial charge in [0.25, 0.3) is 5.91 Å². The van der Waals surface area contributed by atoms with Crippen molar-refractivity contribution in [3.05, 3.63) is 156 Å². The summed E-state index contributed by atoms with van der Waals surface area (Å²) in [5.41, 5.74) is 2.78. The highest BCUT2D eigenvalue weighted by Gasteiger charge is 2.47. The van der Waals surface area contributed by atoms with Crippen LogP contribution < -0.4 is 5.32 Å². The zero-order valence-electron chi connectivity index (χ0n) is 24.6. The second kappa shape index (κ2) is 12.6. The summed E-state index contributed by atoms with van der Waals surface area (Å²) in [7, 11) is 0. The zero-order valence-corrected chi connectivity index (χ0v) is 24.6. The van der Waals surface area contributed by atoms with Crippen LogP contribution in [-0.2, 0) is 15.1 Å². The number of fused-ring (bicyclic) bond motifs is 1. The molecule has 1 saturated heterocycles. The molecule has 10 heteroatoms. The first-order valence-electron chi connectivity index (χ1n) is 14.9. The van der Waals surface area contributed by atoms with E-state index in [1.165, 1.54) is 17.2 Å². The molecule has 0 spiro atoms. The average molecular weight is 614 g/mol. The maximum absolute atomic E-state index is 12.8. The Labute approximate surface area is 264 Å². The fourth-order valence-corrected chi connectivity index (χ4v) is 5.97. The molecule has 1 aliphatic rings. The molecule has 0 saturated carbocycles. The lowest BCUT2D eigenvalue weighted by Gasteiger charge is -2.37. The van der Waals surface area contributed by atoms with E-state index in [9.17, 15) is 15.0 Å². The van der Waals surface area contributed by atoms with Crippen LogP contribution in [-0.4, -0.2) is 60.6 Å². The summed E-state index contributed by atoms with van der Waals surface area (Å²) in [5.74, 6) is -0.137. The highest BCUT2D eigenvalue weighted by molar-refractivity contribution is 6.06. The SMILES string of the molecule is O=C(Nc1ncnc2c1ncn2[C@@H]1O[C@H](COC(c2ccccc2)(c2ccccc2)c2ccccc2)C(O)C1O)c1ccccc1. The zero-order chi connectivity index (χ0) is 31.5. The summed E-state index contributed by atoms with van der Waals surface area (Å²) >= 11 is 0. The number of aromatic nitrogens is 4. The molecule has 1 aliphatic heterocycles. The number of aliphatic hydroxyl groups is 2. The summed E-state index contributed by atoms with van der Waals surface area (Å²) in [6.07, 6.45) is -1.77. The summed E-state index contributed by atoms with van der Waals surface area (Å²) in [6.45, 7) is -0.0482. The molecule has 4 atom stereocenters. The fourth-order valence-electron chi connectivity index (χ4n) is 5.97. The van der Waals surface area contributed by atoms with Gasteiger partial charge >= 0.3 is 0 Å². The standard InChI is InChI=1S/C36H31N5O5/c42-30-28(21-45-36(25-15-7-2-8-16-25,26-17-9-3-10-18-26)27-19-11-4-12-20-27)46-35(31(30)43)41-23-39-29-32(37-22-38-33(29)41)40-34(44)24-13-5-1-6-14-24/h1-20,22-23,28,30-31,35,42-43H,21H2,(H,37,38,40,44)/t28-,30?,31?,35-/m1/s1. The van der Waals surface area contributed by atoms with Gasteiger partial charge in [-0.25, -0.2) is 15.0 Å². The van der Waals surface area contributed by atoms with Crippen molar-refractivity contribution in [2.24, 2.45) is 0 Å². The van der Waals surface area contributed by atoms with Crippen molar-refractivity contribution in [2.75, 3.05) is 11.9 Å². The molecule has 2 unspecified atom stereocenters. The Kier molecular flexibility index (Phi) is 8.08. The van der Waals surface area contributed by atoms with Crippen LogP contribution >= 0.6 is 0 Å². The van der Waals surface area contributed by atoms with Crippen LogP contribution in [0.2, 0.25) is 0 Å². The maximum Gasteiger partial charge on any atom is 0.256 e. The summed E-state index contributed by atoms with van der Waals surface area (Å²) < 4.78 is 14.7. The number of carbonyl (C=O) groups excluding carboxylic acids is 1. The number of amides is 1. The third-order valence-electron chi connectivity index (χ3n) is 8.24. The summed E-state index contributed by atoms with van der Waals surface area (Å²) in [6, 6.07) is 38.4. The van der Waals surface area contributed by atoms with E-state index in [1.54, 1.807) is 24.3 Å². The van der Waals surface area contributed by atoms with Gasteiger partial charge in [-0.3, -0.25) is 9.36 Å². The monoisotopic (exact) mass is 613 g/mol. The molecule has 230 valence electrons. The molecule has 1 fully saturated rings. The number of imidazole rings is 1. The Morgan fingerprint density at radius 3 is 1.87 bits per heavy atom. The predicted molar refractivity (Wildman–Crippen MR) is 171 cm³/mol. The number of hydrogen-bond donors (Lipinski definition) is 3. The Balaban J connectivity index is 1.18. The lowest BCUT2D eigenvalue weighted by Crippen LogP contribution is -2.39. The number of hydrogen-bond acceptors (Lipinski definition) is 8. The van der Waals surface area contributed by atoms with Crippen LogP contribution in [0.1, 0.15) is 33.3 Å². The van der Waals surface area contributed by atoms with Crippen molar-refractivity contribution in [1.82, 2.24) is 19.5 Å². The van der Waals surface area contributed by atoms with E-state index in [0.29, 0.717) is 16.7 Å². The highest BCUT2D eigenvalue weighted by atomic mass is 16.6. The normalized spacial score (nSPS) is 19.7. The fraction of sp³-hybridized carbons (Fsp3) is 0.167. The minimum atomic E-state index is -1.32. The number of benzene rings is 4. The second-order valence-corrected chi connectivity index (χ2v) is 11.0. The van der Waals surface area contributed by atoms with E-state index in [0.717, 1.165) is 16.7 Å². The van der Waals surface area contributed by atoms with Crippen LogP contribution in [0.5, 0.6) is 0 Å². The number of aliphatic hydroxyl groups excluding tert-OH is 2. The third-order valence-corrected chi connectivity index (χ3v) is 8.24. The molecule has 7 rings (SSSR count). The molecule has 0 aliphatic carbocycles. The van der Waals surface area contributed by atoms with Gasteiger partial charge in [0.1, 0.15) is 30.2 Å². The van der Waals surface area contributed by atoms with Gasteiger partial charge in [-0.1, -0.05) is 109 Å². The quantitative estimate of drug-likeness (QED) is 0.200. The molecule has 46 heavy (non-hydrogen) atoms. The molecule has 10 nitrogen and oxygen atoms in total. The molecule has 6 aromatic rings.